The molecule has 1 saturated heterocycles. The molecule has 3 rings (SSSR count). The highest BCUT2D eigenvalue weighted by molar-refractivity contribution is 7.92. The van der Waals surface area contributed by atoms with E-state index in [1.54, 1.807) is 20.9 Å². The van der Waals surface area contributed by atoms with E-state index in [0.717, 1.165) is 16.9 Å². The minimum Gasteiger partial charge on any atom is -0.349 e. The zero-order valence-corrected chi connectivity index (χ0v) is 16.0. The maximum Gasteiger partial charge on any atom is 0.194 e. The highest BCUT2D eigenvalue weighted by atomic mass is 32.2. The van der Waals surface area contributed by atoms with Crippen LogP contribution in [0.5, 0.6) is 0 Å². The Balaban J connectivity index is 1.74. The van der Waals surface area contributed by atoms with Gasteiger partial charge in [-0.2, -0.15) is 0 Å². The van der Waals surface area contributed by atoms with Crippen LogP contribution >= 0.6 is 0 Å². The van der Waals surface area contributed by atoms with Crippen LogP contribution in [0.1, 0.15) is 19.7 Å². The quantitative estimate of drug-likeness (QED) is 0.640. The molecule has 136 valence electrons. The smallest absolute Gasteiger partial charge is 0.194 e. The third kappa shape index (κ3) is 3.22. The first-order valence-electron chi connectivity index (χ1n) is 8.33. The highest BCUT2D eigenvalue weighted by Crippen LogP contribution is 2.23. The number of benzene rings is 1. The molecule has 1 aliphatic heterocycles. The van der Waals surface area contributed by atoms with Gasteiger partial charge in [-0.1, -0.05) is 12.1 Å². The molecule has 0 bridgehead atoms. The number of nitrogens with one attached hydrogen (secondary N) is 1. The second kappa shape index (κ2) is 6.33. The summed E-state index contributed by atoms with van der Waals surface area (Å²) in [6, 6.07) is 8.00. The number of guanidine groups is 1. The van der Waals surface area contributed by atoms with Crippen LogP contribution in [0.2, 0.25) is 0 Å². The molecule has 25 heavy (non-hydrogen) atoms. The number of rotatable bonds is 2. The maximum absolute atomic E-state index is 12.2. The minimum absolute atomic E-state index is 0.146. The van der Waals surface area contributed by atoms with Crippen LogP contribution in [0.15, 0.2) is 29.3 Å². The Labute approximate surface area is 148 Å². The molecule has 1 N–H and O–H groups in total. The van der Waals surface area contributed by atoms with Crippen molar-refractivity contribution in [1.82, 2.24) is 19.8 Å². The molecule has 1 aromatic carbocycles. The van der Waals surface area contributed by atoms with E-state index < -0.39 is 14.6 Å². The third-order valence-electron chi connectivity index (χ3n) is 4.84. The standard InChI is InChI=1S/C17H25N5O2S/c1-17(2)12-22(9-10-25(17,23)24)16(18-3)19-11-15-20-13-7-5-6-8-14(13)21(15)4/h5-8H,9-12H2,1-4H3,(H,18,19). The summed E-state index contributed by atoms with van der Waals surface area (Å²) in [6.07, 6.45) is 0. The van der Waals surface area contributed by atoms with Crippen molar-refractivity contribution < 1.29 is 8.42 Å². The summed E-state index contributed by atoms with van der Waals surface area (Å²) < 4.78 is 25.6. The van der Waals surface area contributed by atoms with Crippen molar-refractivity contribution in [3.8, 4) is 0 Å². The number of aryl methyl sites for hydroxylation is 1. The number of sulfone groups is 1. The fourth-order valence-corrected chi connectivity index (χ4v) is 4.53. The Kier molecular flexibility index (Phi) is 4.49. The lowest BCUT2D eigenvalue weighted by Crippen LogP contribution is -2.57. The monoisotopic (exact) mass is 363 g/mol. The largest absolute Gasteiger partial charge is 0.349 e. The predicted molar refractivity (Wildman–Crippen MR) is 100 cm³/mol. The number of imidazole rings is 1. The van der Waals surface area contributed by atoms with Gasteiger partial charge in [0.25, 0.3) is 0 Å². The van der Waals surface area contributed by atoms with E-state index >= 15 is 0 Å². The Morgan fingerprint density at radius 2 is 2.08 bits per heavy atom. The second-order valence-corrected chi connectivity index (χ2v) is 9.72. The van der Waals surface area contributed by atoms with Crippen LogP contribution in [0, 0.1) is 0 Å². The van der Waals surface area contributed by atoms with Crippen LogP contribution in [0.25, 0.3) is 11.0 Å². The van der Waals surface area contributed by atoms with Crippen molar-refractivity contribution >= 4 is 26.8 Å². The molecule has 7 nitrogen and oxygen atoms in total. The first kappa shape index (κ1) is 17.7. The first-order valence-corrected chi connectivity index (χ1v) is 9.98. The number of aromatic nitrogens is 2. The molecular formula is C17H25N5O2S. The molecule has 1 aromatic heterocycles. The number of hydrogen-bond donors (Lipinski definition) is 1. The van der Waals surface area contributed by atoms with Gasteiger partial charge in [0.1, 0.15) is 5.82 Å². The second-order valence-electron chi connectivity index (χ2n) is 6.98. The molecule has 0 radical (unpaired) electrons. The highest BCUT2D eigenvalue weighted by Gasteiger charge is 2.40. The molecule has 0 unspecified atom stereocenters. The average Bonchev–Trinajstić information content (AvgIpc) is 2.88. The summed E-state index contributed by atoms with van der Waals surface area (Å²) in [5, 5.41) is 3.32. The molecule has 0 aliphatic carbocycles. The van der Waals surface area contributed by atoms with Crippen LogP contribution in [-0.4, -0.2) is 59.5 Å². The number of hydrogen-bond acceptors (Lipinski definition) is 4. The topological polar surface area (TPSA) is 79.6 Å². The van der Waals surface area contributed by atoms with E-state index in [9.17, 15) is 8.42 Å². The SMILES string of the molecule is CN=C(NCc1nc2ccccc2n1C)N1CCS(=O)(=O)C(C)(C)C1. The van der Waals surface area contributed by atoms with Gasteiger partial charge in [0.15, 0.2) is 15.8 Å². The van der Waals surface area contributed by atoms with E-state index in [1.807, 2.05) is 36.2 Å². The van der Waals surface area contributed by atoms with Crippen LogP contribution in [0.4, 0.5) is 0 Å². The lowest BCUT2D eigenvalue weighted by atomic mass is 10.2. The van der Waals surface area contributed by atoms with Gasteiger partial charge < -0.3 is 14.8 Å². The van der Waals surface area contributed by atoms with Crippen LogP contribution in [0.3, 0.4) is 0 Å². The normalized spacial score (nSPS) is 20.0. The fraction of sp³-hybridized carbons (Fsp3) is 0.529. The van der Waals surface area contributed by atoms with E-state index in [0.29, 0.717) is 25.6 Å². The molecule has 0 amide bonds. The zero-order chi connectivity index (χ0) is 18.2. The van der Waals surface area contributed by atoms with Crippen molar-refractivity contribution in [3.05, 3.63) is 30.1 Å². The van der Waals surface area contributed by atoms with Crippen molar-refractivity contribution in [3.63, 3.8) is 0 Å². The minimum atomic E-state index is -3.07. The number of fused-ring (bicyclic) bond motifs is 1. The maximum atomic E-state index is 12.2. The Morgan fingerprint density at radius 1 is 1.36 bits per heavy atom. The van der Waals surface area contributed by atoms with Gasteiger partial charge in [-0.25, -0.2) is 13.4 Å². The molecule has 2 aromatic rings. The summed E-state index contributed by atoms with van der Waals surface area (Å²) >= 11 is 0. The van der Waals surface area contributed by atoms with E-state index in [-0.39, 0.29) is 5.75 Å². The van der Waals surface area contributed by atoms with Gasteiger partial charge in [-0.3, -0.25) is 4.99 Å². The summed E-state index contributed by atoms with van der Waals surface area (Å²) in [5.41, 5.74) is 2.04. The van der Waals surface area contributed by atoms with Gasteiger partial charge in [-0.15, -0.1) is 0 Å². The molecule has 1 fully saturated rings. The Morgan fingerprint density at radius 3 is 2.72 bits per heavy atom. The van der Waals surface area contributed by atoms with Crippen LogP contribution in [-0.2, 0) is 23.4 Å². The lowest BCUT2D eigenvalue weighted by molar-refractivity contribution is 0.352. The van der Waals surface area contributed by atoms with Gasteiger partial charge >= 0.3 is 0 Å². The van der Waals surface area contributed by atoms with Gasteiger partial charge in [-0.05, 0) is 26.0 Å². The number of para-hydroxylation sites is 2. The molecular weight excluding hydrogens is 338 g/mol. The summed E-state index contributed by atoms with van der Waals surface area (Å²) in [4.78, 5) is 11.0. The van der Waals surface area contributed by atoms with Crippen molar-refractivity contribution in [2.75, 3.05) is 25.9 Å². The van der Waals surface area contributed by atoms with Gasteiger partial charge in [0.05, 0.1) is 28.1 Å². The van der Waals surface area contributed by atoms with Crippen LogP contribution < -0.4 is 5.32 Å². The summed E-state index contributed by atoms with van der Waals surface area (Å²) in [5.74, 6) is 1.76. The first-order chi connectivity index (χ1) is 11.7. The lowest BCUT2D eigenvalue weighted by Gasteiger charge is -2.39. The summed E-state index contributed by atoms with van der Waals surface area (Å²) in [7, 11) is 0.640. The average molecular weight is 363 g/mol. The molecule has 0 saturated carbocycles. The molecule has 2 heterocycles. The van der Waals surface area contributed by atoms with E-state index in [1.165, 1.54) is 0 Å². The Bertz CT molecular complexity index is 914. The molecule has 0 atom stereocenters. The molecule has 8 heteroatoms. The van der Waals surface area contributed by atoms with E-state index in [2.05, 4.69) is 19.9 Å². The third-order valence-corrected chi connectivity index (χ3v) is 7.37. The van der Waals surface area contributed by atoms with Crippen molar-refractivity contribution in [1.29, 1.82) is 0 Å². The number of nitrogens with zero attached hydrogens (tertiary/aromatic N) is 4. The number of aliphatic imine (C=N–C) groups is 1. The van der Waals surface area contributed by atoms with Crippen molar-refractivity contribution in [2.45, 2.75) is 25.1 Å². The van der Waals surface area contributed by atoms with Gasteiger partial charge in [0.2, 0.25) is 0 Å². The molecule has 1 aliphatic rings. The van der Waals surface area contributed by atoms with Crippen molar-refractivity contribution in [2.24, 2.45) is 12.0 Å². The predicted octanol–water partition coefficient (Wildman–Crippen LogP) is 1.16. The van der Waals surface area contributed by atoms with Gasteiger partial charge in [0, 0.05) is 27.2 Å². The summed E-state index contributed by atoms with van der Waals surface area (Å²) in [6.45, 7) is 4.95. The molecule has 0 spiro atoms. The van der Waals surface area contributed by atoms with E-state index in [4.69, 9.17) is 0 Å². The fourth-order valence-electron chi connectivity index (χ4n) is 3.17. The zero-order valence-electron chi connectivity index (χ0n) is 15.2. The Hall–Kier alpha value is -2.09.